The number of aryl methyl sites for hydroxylation is 1. The lowest BCUT2D eigenvalue weighted by Crippen LogP contribution is -2.18. The molecule has 4 N–H and O–H groups in total. The molecule has 0 bridgehead atoms. The van der Waals surface area contributed by atoms with Crippen LogP contribution in [0, 0.1) is 6.92 Å². The highest BCUT2D eigenvalue weighted by Crippen LogP contribution is 2.34. The summed E-state index contributed by atoms with van der Waals surface area (Å²) in [6.45, 7) is 9.41. The summed E-state index contributed by atoms with van der Waals surface area (Å²) in [4.78, 5) is 15.2. The minimum Gasteiger partial charge on any atom is -0.382 e. The molecule has 0 aliphatic carbocycles. The van der Waals surface area contributed by atoms with E-state index in [1.807, 2.05) is 31.1 Å². The molecule has 0 spiro atoms. The Hall–Kier alpha value is -3.35. The first-order chi connectivity index (χ1) is 14.6. The lowest BCUT2D eigenvalue weighted by Gasteiger charge is -2.23. The number of benzene rings is 1. The van der Waals surface area contributed by atoms with Crippen molar-refractivity contribution in [3.8, 4) is 0 Å². The van der Waals surface area contributed by atoms with Crippen LogP contribution >= 0.6 is 0 Å². The minimum atomic E-state index is 0.0544. The third kappa shape index (κ3) is 5.63. The maximum Gasteiger partial charge on any atom is 0.226 e. The van der Waals surface area contributed by atoms with E-state index < -0.39 is 0 Å². The van der Waals surface area contributed by atoms with Gasteiger partial charge in [0, 0.05) is 38.7 Å². The Morgan fingerprint density at radius 1 is 1.03 bits per heavy atom. The van der Waals surface area contributed by atoms with Crippen LogP contribution in [0.1, 0.15) is 37.5 Å². The van der Waals surface area contributed by atoms with Crippen molar-refractivity contribution >= 4 is 29.0 Å². The van der Waals surface area contributed by atoms with E-state index in [0.29, 0.717) is 24.1 Å². The fraction of sp³-hybridized carbons (Fsp3) is 0.375. The van der Waals surface area contributed by atoms with Crippen molar-refractivity contribution in [1.29, 1.82) is 0 Å². The number of hydrogen-bond donors (Lipinski definition) is 3. The topological polar surface area (TPSA) is 92.0 Å². The van der Waals surface area contributed by atoms with Gasteiger partial charge in [0.05, 0.1) is 0 Å². The van der Waals surface area contributed by atoms with Gasteiger partial charge in [-0.05, 0) is 53.6 Å². The predicted molar refractivity (Wildman–Crippen MR) is 130 cm³/mol. The van der Waals surface area contributed by atoms with Crippen molar-refractivity contribution in [2.24, 2.45) is 0 Å². The quantitative estimate of drug-likeness (QED) is 0.518. The number of nitrogens with two attached hydrogens (primary N) is 1. The van der Waals surface area contributed by atoms with E-state index >= 15 is 0 Å². The summed E-state index contributed by atoms with van der Waals surface area (Å²) in [7, 11) is 3.88. The Morgan fingerprint density at radius 3 is 2.39 bits per heavy atom. The summed E-state index contributed by atoms with van der Waals surface area (Å²) in [6.07, 6.45) is 4.44. The Kier molecular flexibility index (Phi) is 6.63. The zero-order valence-corrected chi connectivity index (χ0v) is 19.3. The van der Waals surface area contributed by atoms with Crippen molar-refractivity contribution in [3.63, 3.8) is 0 Å². The molecule has 7 heteroatoms. The van der Waals surface area contributed by atoms with Crippen LogP contribution in [0.2, 0.25) is 0 Å². The number of nitrogens with one attached hydrogen (secondary N) is 2. The molecule has 2 heterocycles. The number of nitrogen functional groups attached to an aromatic ring is 1. The van der Waals surface area contributed by atoms with Gasteiger partial charge < -0.3 is 21.3 Å². The third-order valence-corrected chi connectivity index (χ3v) is 5.16. The van der Waals surface area contributed by atoms with Crippen molar-refractivity contribution in [2.45, 2.75) is 39.5 Å². The fourth-order valence-electron chi connectivity index (χ4n) is 3.30. The molecular weight excluding hydrogens is 386 g/mol. The molecule has 0 amide bonds. The normalized spacial score (nSPS) is 11.3. The largest absolute Gasteiger partial charge is 0.382 e. The van der Waals surface area contributed by atoms with Crippen LogP contribution in [0.5, 0.6) is 0 Å². The van der Waals surface area contributed by atoms with E-state index in [1.165, 1.54) is 11.1 Å². The van der Waals surface area contributed by atoms with Crippen LogP contribution in [0.3, 0.4) is 0 Å². The summed E-state index contributed by atoms with van der Waals surface area (Å²) < 4.78 is 0. The van der Waals surface area contributed by atoms with Crippen molar-refractivity contribution in [2.75, 3.05) is 41.9 Å². The Balaban J connectivity index is 1.88. The molecule has 164 valence electrons. The van der Waals surface area contributed by atoms with E-state index in [-0.39, 0.29) is 5.41 Å². The second kappa shape index (κ2) is 9.20. The number of pyridine rings is 1. The first kappa shape index (κ1) is 22.3. The molecule has 0 atom stereocenters. The standard InChI is InChI=1S/C24H33N7/c1-16-7-8-18(24(2,3)4)15-19(16)28-22-20(31(5)6)21(25)29-23(30-22)27-14-11-17-9-12-26-13-10-17/h7-10,12-13,15H,11,14H2,1-6H3,(H4,25,27,28,29,30). The number of hydrogen-bond acceptors (Lipinski definition) is 7. The summed E-state index contributed by atoms with van der Waals surface area (Å²) in [5.74, 6) is 1.61. The summed E-state index contributed by atoms with van der Waals surface area (Å²) in [6, 6.07) is 10.5. The van der Waals surface area contributed by atoms with Crippen LogP contribution in [0.15, 0.2) is 42.7 Å². The van der Waals surface area contributed by atoms with Crippen LogP contribution in [-0.2, 0) is 11.8 Å². The monoisotopic (exact) mass is 419 g/mol. The number of aromatic nitrogens is 3. The highest BCUT2D eigenvalue weighted by Gasteiger charge is 2.18. The number of anilines is 5. The van der Waals surface area contributed by atoms with E-state index in [4.69, 9.17) is 10.7 Å². The number of rotatable bonds is 7. The molecule has 3 rings (SSSR count). The van der Waals surface area contributed by atoms with Crippen molar-refractivity contribution < 1.29 is 0 Å². The molecular formula is C24H33N7. The molecule has 0 saturated carbocycles. The van der Waals surface area contributed by atoms with Gasteiger partial charge in [0.2, 0.25) is 5.95 Å². The zero-order valence-electron chi connectivity index (χ0n) is 19.3. The summed E-state index contributed by atoms with van der Waals surface area (Å²) >= 11 is 0. The lowest BCUT2D eigenvalue weighted by molar-refractivity contribution is 0.590. The van der Waals surface area contributed by atoms with Crippen LogP contribution in [0.4, 0.5) is 29.0 Å². The van der Waals surface area contributed by atoms with Gasteiger partial charge in [0.25, 0.3) is 0 Å². The van der Waals surface area contributed by atoms with Crippen molar-refractivity contribution in [1.82, 2.24) is 15.0 Å². The summed E-state index contributed by atoms with van der Waals surface area (Å²) in [5.41, 5.74) is 11.7. The maximum atomic E-state index is 6.32. The molecule has 0 aliphatic rings. The molecule has 31 heavy (non-hydrogen) atoms. The molecule has 0 fully saturated rings. The molecule has 0 saturated heterocycles. The highest BCUT2D eigenvalue weighted by atomic mass is 15.2. The minimum absolute atomic E-state index is 0.0544. The Labute approximate surface area is 185 Å². The van der Waals surface area contributed by atoms with E-state index in [1.54, 1.807) is 12.4 Å². The van der Waals surface area contributed by atoms with Gasteiger partial charge in [0.15, 0.2) is 11.6 Å². The molecule has 0 unspecified atom stereocenters. The SMILES string of the molecule is Cc1ccc(C(C)(C)C)cc1Nc1nc(NCCc2ccncc2)nc(N)c1N(C)C. The van der Waals surface area contributed by atoms with E-state index in [9.17, 15) is 0 Å². The second-order valence-electron chi connectivity index (χ2n) is 8.96. The highest BCUT2D eigenvalue weighted by molar-refractivity contribution is 5.81. The fourth-order valence-corrected chi connectivity index (χ4v) is 3.30. The van der Waals surface area contributed by atoms with E-state index in [2.05, 4.69) is 66.5 Å². The first-order valence-electron chi connectivity index (χ1n) is 10.5. The molecule has 0 radical (unpaired) electrons. The summed E-state index contributed by atoms with van der Waals surface area (Å²) in [5, 5.41) is 6.80. The van der Waals surface area contributed by atoms with Gasteiger partial charge >= 0.3 is 0 Å². The molecule has 7 nitrogen and oxygen atoms in total. The van der Waals surface area contributed by atoms with Gasteiger partial charge in [-0.2, -0.15) is 9.97 Å². The van der Waals surface area contributed by atoms with Gasteiger partial charge in [-0.25, -0.2) is 0 Å². The van der Waals surface area contributed by atoms with Gasteiger partial charge in [-0.15, -0.1) is 0 Å². The average Bonchev–Trinajstić information content (AvgIpc) is 2.69. The van der Waals surface area contributed by atoms with Gasteiger partial charge in [-0.3, -0.25) is 4.98 Å². The third-order valence-electron chi connectivity index (χ3n) is 5.16. The molecule has 1 aromatic carbocycles. The first-order valence-corrected chi connectivity index (χ1v) is 10.5. The number of nitrogens with zero attached hydrogens (tertiary/aromatic N) is 4. The Bertz CT molecular complexity index is 1020. The van der Waals surface area contributed by atoms with Gasteiger partial charge in [0.1, 0.15) is 5.69 Å². The Morgan fingerprint density at radius 2 is 1.74 bits per heavy atom. The smallest absolute Gasteiger partial charge is 0.226 e. The lowest BCUT2D eigenvalue weighted by atomic mass is 9.86. The van der Waals surface area contributed by atoms with Crippen molar-refractivity contribution in [3.05, 3.63) is 59.4 Å². The molecule has 2 aromatic heterocycles. The molecule has 0 aliphatic heterocycles. The van der Waals surface area contributed by atoms with Crippen LogP contribution in [-0.4, -0.2) is 35.6 Å². The predicted octanol–water partition coefficient (Wildman–Crippen LogP) is 4.52. The van der Waals surface area contributed by atoms with Crippen LogP contribution in [0.25, 0.3) is 0 Å². The average molecular weight is 420 g/mol. The van der Waals surface area contributed by atoms with Crippen LogP contribution < -0.4 is 21.3 Å². The second-order valence-corrected chi connectivity index (χ2v) is 8.96. The maximum absolute atomic E-state index is 6.32. The van der Waals surface area contributed by atoms with Gasteiger partial charge in [-0.1, -0.05) is 32.9 Å². The molecule has 3 aromatic rings. The zero-order chi connectivity index (χ0) is 22.6. The van der Waals surface area contributed by atoms with E-state index in [0.717, 1.165) is 23.4 Å².